The smallest absolute Gasteiger partial charge is 0.257 e. The van der Waals surface area contributed by atoms with Crippen molar-refractivity contribution in [3.05, 3.63) is 64.0 Å². The first-order chi connectivity index (χ1) is 14.0. The molecule has 0 spiro atoms. The van der Waals surface area contributed by atoms with Gasteiger partial charge in [0.05, 0.1) is 12.1 Å². The molecule has 2 aromatic carbocycles. The number of piperazine rings is 1. The molecule has 1 aromatic heterocycles. The van der Waals surface area contributed by atoms with Crippen molar-refractivity contribution in [1.82, 2.24) is 19.9 Å². The lowest BCUT2D eigenvalue weighted by Crippen LogP contribution is -2.48. The molecule has 1 amide bonds. The van der Waals surface area contributed by atoms with Crippen molar-refractivity contribution in [1.29, 1.82) is 0 Å². The molecule has 0 bridgehead atoms. The number of benzene rings is 2. The van der Waals surface area contributed by atoms with Crippen molar-refractivity contribution in [3.63, 3.8) is 0 Å². The number of halogens is 2. The summed E-state index contributed by atoms with van der Waals surface area (Å²) in [6.07, 6.45) is 0. The highest BCUT2D eigenvalue weighted by molar-refractivity contribution is 6.31. The molecular formula is C20H18Cl2N4O3. The monoisotopic (exact) mass is 432 g/mol. The first-order valence-corrected chi connectivity index (χ1v) is 9.84. The average Bonchev–Trinajstić information content (AvgIpc) is 3.19. The predicted octanol–water partition coefficient (Wildman–Crippen LogP) is 3.71. The van der Waals surface area contributed by atoms with Crippen molar-refractivity contribution in [2.45, 2.75) is 6.54 Å². The van der Waals surface area contributed by atoms with E-state index in [9.17, 15) is 9.90 Å². The van der Waals surface area contributed by atoms with Crippen molar-refractivity contribution >= 4 is 29.1 Å². The second-order valence-electron chi connectivity index (χ2n) is 6.75. The second kappa shape index (κ2) is 8.41. The molecule has 0 aliphatic carbocycles. The molecule has 2 heterocycles. The SMILES string of the molecule is O=C(c1cc(Cl)ccc1O)N1CCN(Cc2nc(-c3ccc(Cl)cc3)no2)CC1. The van der Waals surface area contributed by atoms with Crippen LogP contribution in [0.25, 0.3) is 11.4 Å². The highest BCUT2D eigenvalue weighted by Crippen LogP contribution is 2.24. The van der Waals surface area contributed by atoms with E-state index in [2.05, 4.69) is 15.0 Å². The Labute approximate surface area is 177 Å². The van der Waals surface area contributed by atoms with Gasteiger partial charge < -0.3 is 14.5 Å². The van der Waals surface area contributed by atoms with Crippen molar-refractivity contribution in [2.24, 2.45) is 0 Å². The third-order valence-corrected chi connectivity index (χ3v) is 5.26. The van der Waals surface area contributed by atoms with Crippen LogP contribution in [0.15, 0.2) is 47.0 Å². The summed E-state index contributed by atoms with van der Waals surface area (Å²) in [5.41, 5.74) is 1.05. The fourth-order valence-electron chi connectivity index (χ4n) is 3.19. The molecule has 7 nitrogen and oxygen atoms in total. The zero-order valence-electron chi connectivity index (χ0n) is 15.4. The molecule has 0 saturated carbocycles. The number of phenols is 1. The summed E-state index contributed by atoms with van der Waals surface area (Å²) in [4.78, 5) is 20.9. The molecule has 150 valence electrons. The summed E-state index contributed by atoms with van der Waals surface area (Å²) in [6.45, 7) is 2.88. The van der Waals surface area contributed by atoms with Crippen molar-refractivity contribution in [2.75, 3.05) is 26.2 Å². The average molecular weight is 433 g/mol. The minimum atomic E-state index is -0.229. The zero-order valence-corrected chi connectivity index (χ0v) is 16.9. The topological polar surface area (TPSA) is 82.7 Å². The summed E-state index contributed by atoms with van der Waals surface area (Å²) in [5, 5.41) is 15.0. The number of aromatic nitrogens is 2. The van der Waals surface area contributed by atoms with Crippen LogP contribution in [0.5, 0.6) is 5.75 Å². The highest BCUT2D eigenvalue weighted by atomic mass is 35.5. The minimum absolute atomic E-state index is 0.0672. The number of aromatic hydroxyl groups is 1. The van der Waals surface area contributed by atoms with Crippen molar-refractivity contribution < 1.29 is 14.4 Å². The van der Waals surface area contributed by atoms with Crippen LogP contribution in [-0.4, -0.2) is 57.1 Å². The molecule has 0 unspecified atom stereocenters. The number of nitrogens with zero attached hydrogens (tertiary/aromatic N) is 4. The molecule has 0 radical (unpaired) electrons. The van der Waals surface area contributed by atoms with Gasteiger partial charge in [-0.15, -0.1) is 0 Å². The zero-order chi connectivity index (χ0) is 20.4. The number of amides is 1. The largest absolute Gasteiger partial charge is 0.507 e. The van der Waals surface area contributed by atoms with Crippen LogP contribution < -0.4 is 0 Å². The standard InChI is InChI=1S/C20H18Cl2N4O3/c21-14-3-1-13(2-4-14)19-23-18(29-24-19)12-25-7-9-26(10-8-25)20(28)16-11-15(22)5-6-17(16)27/h1-6,11,27H,7-10,12H2. The van der Waals surface area contributed by atoms with E-state index in [1.54, 1.807) is 23.1 Å². The van der Waals surface area contributed by atoms with Gasteiger partial charge in [0.15, 0.2) is 0 Å². The van der Waals surface area contributed by atoms with Gasteiger partial charge in [-0.3, -0.25) is 9.69 Å². The van der Waals surface area contributed by atoms with Crippen molar-refractivity contribution in [3.8, 4) is 17.1 Å². The molecule has 0 atom stereocenters. The number of carbonyl (C=O) groups is 1. The van der Waals surface area contributed by atoms with E-state index >= 15 is 0 Å². The van der Waals surface area contributed by atoms with Gasteiger partial charge in [0.25, 0.3) is 5.91 Å². The number of carbonyl (C=O) groups excluding carboxylic acids is 1. The summed E-state index contributed by atoms with van der Waals surface area (Å²) in [6, 6.07) is 11.7. The van der Waals surface area contributed by atoms with Crippen LogP contribution in [0.1, 0.15) is 16.2 Å². The minimum Gasteiger partial charge on any atom is -0.507 e. The molecule has 4 rings (SSSR count). The fraction of sp³-hybridized carbons (Fsp3) is 0.250. The van der Waals surface area contributed by atoms with Crippen LogP contribution in [0.4, 0.5) is 0 Å². The van der Waals surface area contributed by atoms with Crippen LogP contribution in [-0.2, 0) is 6.54 Å². The van der Waals surface area contributed by atoms with E-state index in [-0.39, 0.29) is 17.2 Å². The maximum atomic E-state index is 12.7. The molecule has 29 heavy (non-hydrogen) atoms. The Kier molecular flexibility index (Phi) is 5.71. The normalized spacial score (nSPS) is 14.9. The molecule has 9 heteroatoms. The lowest BCUT2D eigenvalue weighted by atomic mass is 10.1. The van der Waals surface area contributed by atoms with Gasteiger partial charge in [-0.25, -0.2) is 0 Å². The van der Waals surface area contributed by atoms with E-state index < -0.39 is 0 Å². The lowest BCUT2D eigenvalue weighted by molar-refractivity contribution is 0.0612. The van der Waals surface area contributed by atoms with E-state index in [1.165, 1.54) is 12.1 Å². The van der Waals surface area contributed by atoms with Crippen LogP contribution in [0.3, 0.4) is 0 Å². The summed E-state index contributed by atoms with van der Waals surface area (Å²) in [5.74, 6) is 0.735. The Morgan fingerprint density at radius 3 is 2.45 bits per heavy atom. The first-order valence-electron chi connectivity index (χ1n) is 9.08. The van der Waals surface area contributed by atoms with Gasteiger partial charge in [0.1, 0.15) is 5.75 Å². The summed E-state index contributed by atoms with van der Waals surface area (Å²) in [7, 11) is 0. The second-order valence-corrected chi connectivity index (χ2v) is 7.62. The lowest BCUT2D eigenvalue weighted by Gasteiger charge is -2.34. The maximum absolute atomic E-state index is 12.7. The van der Waals surface area contributed by atoms with Gasteiger partial charge in [-0.05, 0) is 42.5 Å². The number of hydrogen-bond acceptors (Lipinski definition) is 6. The Bertz CT molecular complexity index is 1010. The van der Waals surface area contributed by atoms with Crippen LogP contribution in [0, 0.1) is 0 Å². The van der Waals surface area contributed by atoms with Crippen LogP contribution >= 0.6 is 23.2 Å². The van der Waals surface area contributed by atoms with Gasteiger partial charge in [0, 0.05) is 41.8 Å². The van der Waals surface area contributed by atoms with Gasteiger partial charge >= 0.3 is 0 Å². The number of hydrogen-bond donors (Lipinski definition) is 1. The molecule has 1 N–H and O–H groups in total. The third kappa shape index (κ3) is 4.53. The van der Waals surface area contributed by atoms with Gasteiger partial charge in [-0.1, -0.05) is 28.4 Å². The van der Waals surface area contributed by atoms with Gasteiger partial charge in [-0.2, -0.15) is 4.98 Å². The Morgan fingerprint density at radius 1 is 1.03 bits per heavy atom. The molecular weight excluding hydrogens is 415 g/mol. The van der Waals surface area contributed by atoms with Crippen LogP contribution in [0.2, 0.25) is 10.0 Å². The Balaban J connectivity index is 1.35. The first kappa shape index (κ1) is 19.7. The Hall–Kier alpha value is -2.61. The predicted molar refractivity (Wildman–Crippen MR) is 109 cm³/mol. The number of rotatable bonds is 4. The Morgan fingerprint density at radius 2 is 1.72 bits per heavy atom. The summed E-state index contributed by atoms with van der Waals surface area (Å²) < 4.78 is 5.36. The van der Waals surface area contributed by atoms with E-state index in [0.29, 0.717) is 54.5 Å². The fourth-order valence-corrected chi connectivity index (χ4v) is 3.48. The molecule has 1 aliphatic rings. The van der Waals surface area contributed by atoms with E-state index in [1.807, 2.05) is 12.1 Å². The molecule has 3 aromatic rings. The maximum Gasteiger partial charge on any atom is 0.257 e. The van der Waals surface area contributed by atoms with E-state index in [4.69, 9.17) is 27.7 Å². The highest BCUT2D eigenvalue weighted by Gasteiger charge is 2.25. The molecule has 1 fully saturated rings. The van der Waals surface area contributed by atoms with Gasteiger partial charge in [0.2, 0.25) is 11.7 Å². The molecule has 1 aliphatic heterocycles. The molecule has 1 saturated heterocycles. The quantitative estimate of drug-likeness (QED) is 0.676. The third-order valence-electron chi connectivity index (χ3n) is 4.78. The number of phenolic OH excluding ortho intramolecular Hbond substituents is 1. The van der Waals surface area contributed by atoms with E-state index in [0.717, 1.165) is 5.56 Å². The summed E-state index contributed by atoms with van der Waals surface area (Å²) >= 11 is 11.9.